The summed E-state index contributed by atoms with van der Waals surface area (Å²) in [5.41, 5.74) is 7.25. The van der Waals surface area contributed by atoms with Gasteiger partial charge < -0.3 is 25.1 Å². The molecule has 0 spiro atoms. The van der Waals surface area contributed by atoms with Crippen LogP contribution in [0.2, 0.25) is 5.54 Å². The fraction of sp³-hybridized carbons (Fsp3) is 0.706. The first-order valence-electron chi connectivity index (χ1n) is 9.33. The van der Waals surface area contributed by atoms with Gasteiger partial charge in [0.15, 0.2) is 27.5 Å². The smallest absolute Gasteiger partial charge is 0.167 e. The second kappa shape index (κ2) is 8.19. The Bertz CT molecular complexity index is 763. The van der Waals surface area contributed by atoms with Crippen LogP contribution in [0.5, 0.6) is 0 Å². The van der Waals surface area contributed by atoms with Gasteiger partial charge in [0.2, 0.25) is 0 Å². The Morgan fingerprint density at radius 3 is 2.56 bits per heavy atom. The van der Waals surface area contributed by atoms with Crippen molar-refractivity contribution >= 4 is 26.7 Å². The highest BCUT2D eigenvalue weighted by molar-refractivity contribution is 6.29. The molecule has 1 saturated heterocycles. The molecule has 0 amide bonds. The maximum atomic E-state index is 10.5. The van der Waals surface area contributed by atoms with Crippen LogP contribution in [0.25, 0.3) is 11.2 Å². The lowest BCUT2D eigenvalue weighted by atomic mass is 10.00. The highest BCUT2D eigenvalue weighted by Crippen LogP contribution is 2.32. The lowest BCUT2D eigenvalue weighted by Crippen LogP contribution is -2.34. The molecule has 4 atom stereocenters. The van der Waals surface area contributed by atoms with Gasteiger partial charge in [-0.1, -0.05) is 27.7 Å². The summed E-state index contributed by atoms with van der Waals surface area (Å²) in [6.07, 6.45) is -0.744. The molecule has 0 saturated carbocycles. The van der Waals surface area contributed by atoms with Crippen LogP contribution in [0.3, 0.4) is 0 Å². The molecule has 0 aromatic carbocycles. The third-order valence-electron chi connectivity index (χ3n) is 5.30. The van der Waals surface area contributed by atoms with Gasteiger partial charge in [-0.05, 0) is 17.4 Å². The highest BCUT2D eigenvalue weighted by Gasteiger charge is 2.44. The van der Waals surface area contributed by atoms with Crippen LogP contribution in [-0.2, 0) is 9.16 Å². The quantitative estimate of drug-likeness (QED) is 0.568. The minimum atomic E-state index is -1.11. The van der Waals surface area contributed by atoms with Gasteiger partial charge in [0.1, 0.15) is 30.2 Å². The number of aliphatic hydroxyl groups excluding tert-OH is 2. The van der Waals surface area contributed by atoms with Crippen molar-refractivity contribution in [2.75, 3.05) is 12.3 Å². The largest absolute Gasteiger partial charge is 0.421 e. The van der Waals surface area contributed by atoms with Crippen molar-refractivity contribution in [2.45, 2.75) is 57.8 Å². The van der Waals surface area contributed by atoms with Crippen molar-refractivity contribution in [3.05, 3.63) is 12.7 Å². The standard InChI is InChI=1S/C17H29N5O4Si/c1-8(2)14(9(3)4)27-25-5-10-12(23)13(24)17(26-10)22-7-21-11-15(18)19-6-20-16(11)22/h6-10,12-14,17,23-24H,5,27H2,1-4H3,(H2,18,19,20)/t10-,12-,13+,17?/m1/s1. The van der Waals surface area contributed by atoms with E-state index in [1.807, 2.05) is 0 Å². The molecule has 10 heteroatoms. The Hall–Kier alpha value is -1.59. The van der Waals surface area contributed by atoms with Crippen LogP contribution in [-0.4, -0.2) is 64.4 Å². The third kappa shape index (κ3) is 3.99. The molecule has 27 heavy (non-hydrogen) atoms. The number of hydrogen-bond donors (Lipinski definition) is 3. The third-order valence-corrected chi connectivity index (χ3v) is 8.05. The summed E-state index contributed by atoms with van der Waals surface area (Å²) >= 11 is 0. The Morgan fingerprint density at radius 2 is 1.89 bits per heavy atom. The number of imidazole rings is 1. The average molecular weight is 396 g/mol. The molecule has 150 valence electrons. The highest BCUT2D eigenvalue weighted by atomic mass is 28.2. The van der Waals surface area contributed by atoms with Crippen molar-refractivity contribution in [1.82, 2.24) is 19.5 Å². The fourth-order valence-corrected chi connectivity index (χ4v) is 5.04. The molecular formula is C17H29N5O4Si. The first kappa shape index (κ1) is 20.1. The van der Waals surface area contributed by atoms with Crippen LogP contribution in [0, 0.1) is 11.8 Å². The Balaban J connectivity index is 1.68. The number of aromatic nitrogens is 4. The number of hydrogen-bond acceptors (Lipinski definition) is 8. The van der Waals surface area contributed by atoms with Gasteiger partial charge in [-0.25, -0.2) is 15.0 Å². The van der Waals surface area contributed by atoms with Gasteiger partial charge in [-0.15, -0.1) is 0 Å². The van der Waals surface area contributed by atoms with E-state index in [1.54, 1.807) is 4.57 Å². The summed E-state index contributed by atoms with van der Waals surface area (Å²) in [7, 11) is -0.780. The van der Waals surface area contributed by atoms with Gasteiger partial charge in [-0.3, -0.25) is 4.57 Å². The number of nitrogens with two attached hydrogens (primary N) is 1. The number of aliphatic hydroxyl groups is 2. The van der Waals surface area contributed by atoms with E-state index < -0.39 is 34.3 Å². The topological polar surface area (TPSA) is 129 Å². The first-order valence-corrected chi connectivity index (χ1v) is 10.7. The van der Waals surface area contributed by atoms with Crippen molar-refractivity contribution < 1.29 is 19.4 Å². The Labute approximate surface area is 160 Å². The van der Waals surface area contributed by atoms with E-state index >= 15 is 0 Å². The Kier molecular flexibility index (Phi) is 6.11. The van der Waals surface area contributed by atoms with Crippen LogP contribution in [0.1, 0.15) is 33.9 Å². The fourth-order valence-electron chi connectivity index (χ4n) is 3.63. The van der Waals surface area contributed by atoms with Gasteiger partial charge in [0.05, 0.1) is 12.9 Å². The predicted octanol–water partition coefficient (Wildman–Crippen LogP) is 0.229. The second-order valence-electron chi connectivity index (χ2n) is 7.82. The van der Waals surface area contributed by atoms with E-state index in [9.17, 15) is 10.2 Å². The van der Waals surface area contributed by atoms with Crippen LogP contribution in [0.15, 0.2) is 12.7 Å². The number of nitrogens with zero attached hydrogens (tertiary/aromatic N) is 4. The van der Waals surface area contributed by atoms with E-state index in [2.05, 4.69) is 42.6 Å². The number of fused-ring (bicyclic) bond motifs is 1. The van der Waals surface area contributed by atoms with Crippen LogP contribution >= 0.6 is 0 Å². The van der Waals surface area contributed by atoms with Crippen LogP contribution in [0.4, 0.5) is 5.82 Å². The molecule has 9 nitrogen and oxygen atoms in total. The summed E-state index contributed by atoms with van der Waals surface area (Å²) in [4.78, 5) is 12.3. The van der Waals surface area contributed by atoms with Crippen molar-refractivity contribution in [3.63, 3.8) is 0 Å². The van der Waals surface area contributed by atoms with E-state index in [0.29, 0.717) is 28.5 Å². The molecule has 4 N–H and O–H groups in total. The minimum Gasteiger partial charge on any atom is -0.421 e. The molecule has 2 aromatic rings. The molecular weight excluding hydrogens is 366 g/mol. The molecule has 1 unspecified atom stereocenters. The number of anilines is 1. The molecule has 2 aromatic heterocycles. The van der Waals surface area contributed by atoms with E-state index in [4.69, 9.17) is 14.9 Å². The molecule has 1 aliphatic rings. The lowest BCUT2D eigenvalue weighted by molar-refractivity contribution is -0.0476. The second-order valence-corrected chi connectivity index (χ2v) is 9.50. The monoisotopic (exact) mass is 395 g/mol. The number of rotatable bonds is 7. The molecule has 3 rings (SSSR count). The van der Waals surface area contributed by atoms with Crippen molar-refractivity contribution in [2.24, 2.45) is 11.8 Å². The number of ether oxygens (including phenoxy) is 1. The zero-order valence-corrected chi connectivity index (χ0v) is 17.6. The lowest BCUT2D eigenvalue weighted by Gasteiger charge is -2.25. The van der Waals surface area contributed by atoms with Crippen molar-refractivity contribution in [1.29, 1.82) is 0 Å². The van der Waals surface area contributed by atoms with E-state index in [1.165, 1.54) is 12.7 Å². The summed E-state index contributed by atoms with van der Waals surface area (Å²) in [5, 5.41) is 20.9. The molecule has 3 heterocycles. The zero-order valence-electron chi connectivity index (χ0n) is 16.2. The molecule has 1 aliphatic heterocycles. The summed E-state index contributed by atoms with van der Waals surface area (Å²) in [5.74, 6) is 1.38. The van der Waals surface area contributed by atoms with Crippen molar-refractivity contribution in [3.8, 4) is 0 Å². The summed E-state index contributed by atoms with van der Waals surface area (Å²) < 4.78 is 13.4. The molecule has 0 radical (unpaired) electrons. The summed E-state index contributed by atoms with van der Waals surface area (Å²) in [6, 6.07) is 0. The molecule has 1 fully saturated rings. The minimum absolute atomic E-state index is 0.256. The van der Waals surface area contributed by atoms with Gasteiger partial charge in [0.25, 0.3) is 0 Å². The first-order chi connectivity index (χ1) is 12.8. The van der Waals surface area contributed by atoms with Gasteiger partial charge in [-0.2, -0.15) is 0 Å². The normalized spacial score (nSPS) is 26.6. The molecule has 0 bridgehead atoms. The molecule has 0 aliphatic carbocycles. The maximum Gasteiger partial charge on any atom is 0.167 e. The predicted molar refractivity (Wildman–Crippen MR) is 104 cm³/mol. The summed E-state index contributed by atoms with van der Waals surface area (Å²) in [6.45, 7) is 9.10. The van der Waals surface area contributed by atoms with E-state index in [-0.39, 0.29) is 12.4 Å². The maximum absolute atomic E-state index is 10.5. The Morgan fingerprint density at radius 1 is 1.19 bits per heavy atom. The number of nitrogen functional groups attached to an aromatic ring is 1. The zero-order chi connectivity index (χ0) is 19.7. The average Bonchev–Trinajstić information content (AvgIpc) is 3.15. The van der Waals surface area contributed by atoms with E-state index in [0.717, 1.165) is 0 Å². The van der Waals surface area contributed by atoms with Gasteiger partial charge >= 0.3 is 0 Å². The van der Waals surface area contributed by atoms with Gasteiger partial charge in [0, 0.05) is 0 Å². The SMILES string of the molecule is CC(C)C([SiH2]OC[C@H]1OC(n2cnc3c(N)ncnc32)[C@@H](O)[C@@H]1O)C(C)C. The van der Waals surface area contributed by atoms with Crippen LogP contribution < -0.4 is 5.73 Å².